The number of carboxylic acids is 1. The summed E-state index contributed by atoms with van der Waals surface area (Å²) in [5, 5.41) is 15.0. The molecule has 1 rings (SSSR count). The van der Waals surface area contributed by atoms with E-state index in [1.807, 2.05) is 0 Å². The standard InChI is InChI=1S/C4H5N3O2/c1-7-2-5-6-3(7)4(8)9/h2H,1H3,(H,8,9). The van der Waals surface area contributed by atoms with Crippen LogP contribution in [0.1, 0.15) is 10.6 Å². The molecule has 9 heavy (non-hydrogen) atoms. The van der Waals surface area contributed by atoms with E-state index in [0.29, 0.717) is 0 Å². The topological polar surface area (TPSA) is 68.0 Å². The molecule has 0 fully saturated rings. The molecule has 0 saturated heterocycles. The molecule has 0 aromatic carbocycles. The Morgan fingerprint density at radius 1 is 1.89 bits per heavy atom. The second-order valence-corrected chi connectivity index (χ2v) is 1.57. The lowest BCUT2D eigenvalue weighted by molar-refractivity contribution is 0.0679. The summed E-state index contributed by atoms with van der Waals surface area (Å²) < 4.78 is 1.34. The van der Waals surface area contributed by atoms with Crippen LogP contribution in [0, 0.1) is 0 Å². The molecule has 0 bridgehead atoms. The second-order valence-electron chi connectivity index (χ2n) is 1.57. The molecule has 0 amide bonds. The van der Waals surface area contributed by atoms with Gasteiger partial charge in [0.05, 0.1) is 0 Å². The molecule has 1 aromatic heterocycles. The SMILES string of the molecule is Cn1cnnc1C(=O)O. The molecule has 0 aliphatic heterocycles. The van der Waals surface area contributed by atoms with Crippen LogP contribution in [0.4, 0.5) is 0 Å². The number of aryl methyl sites for hydroxylation is 1. The number of hydrogen-bond acceptors (Lipinski definition) is 3. The van der Waals surface area contributed by atoms with Crippen LogP contribution in [0.5, 0.6) is 0 Å². The predicted molar refractivity (Wildman–Crippen MR) is 28.0 cm³/mol. The average molecular weight is 127 g/mol. The van der Waals surface area contributed by atoms with Crippen molar-refractivity contribution in [2.75, 3.05) is 0 Å². The van der Waals surface area contributed by atoms with E-state index >= 15 is 0 Å². The molecule has 1 heterocycles. The van der Waals surface area contributed by atoms with E-state index in [-0.39, 0.29) is 5.82 Å². The lowest BCUT2D eigenvalue weighted by Crippen LogP contribution is -2.04. The van der Waals surface area contributed by atoms with Crippen LogP contribution < -0.4 is 0 Å². The normalized spacial score (nSPS) is 9.44. The number of nitrogens with zero attached hydrogens (tertiary/aromatic N) is 3. The summed E-state index contributed by atoms with van der Waals surface area (Å²) in [4.78, 5) is 10.2. The van der Waals surface area contributed by atoms with Gasteiger partial charge in [0.25, 0.3) is 0 Å². The average Bonchev–Trinajstić information content (AvgIpc) is 2.13. The van der Waals surface area contributed by atoms with Crippen LogP contribution in [0.3, 0.4) is 0 Å². The van der Waals surface area contributed by atoms with E-state index in [1.165, 1.54) is 10.9 Å². The van der Waals surface area contributed by atoms with Crippen molar-refractivity contribution in [1.82, 2.24) is 14.8 Å². The number of aromatic carboxylic acids is 1. The molecule has 0 spiro atoms. The lowest BCUT2D eigenvalue weighted by atomic mass is 10.6. The molecule has 0 aliphatic carbocycles. The smallest absolute Gasteiger partial charge is 0.374 e. The zero-order chi connectivity index (χ0) is 6.85. The van der Waals surface area contributed by atoms with E-state index in [0.717, 1.165) is 0 Å². The predicted octanol–water partition coefficient (Wildman–Crippen LogP) is -0.487. The highest BCUT2D eigenvalue weighted by atomic mass is 16.4. The third kappa shape index (κ3) is 0.883. The van der Waals surface area contributed by atoms with Gasteiger partial charge in [-0.15, -0.1) is 10.2 Å². The molecular weight excluding hydrogens is 122 g/mol. The first-order valence-corrected chi connectivity index (χ1v) is 2.29. The number of carbonyl (C=O) groups is 1. The molecule has 1 N–H and O–H groups in total. The maximum atomic E-state index is 10.2. The van der Waals surface area contributed by atoms with E-state index in [4.69, 9.17) is 5.11 Å². The summed E-state index contributed by atoms with van der Waals surface area (Å²) in [5.74, 6) is -1.11. The van der Waals surface area contributed by atoms with Gasteiger partial charge in [-0.2, -0.15) is 0 Å². The maximum Gasteiger partial charge on any atom is 0.374 e. The number of hydrogen-bond donors (Lipinski definition) is 1. The molecule has 0 saturated carbocycles. The summed E-state index contributed by atoms with van der Waals surface area (Å²) in [6.45, 7) is 0. The van der Waals surface area contributed by atoms with E-state index < -0.39 is 5.97 Å². The van der Waals surface area contributed by atoms with Crippen LogP contribution in [0.15, 0.2) is 6.33 Å². The Bertz CT molecular complexity index is 229. The molecule has 0 atom stereocenters. The van der Waals surface area contributed by atoms with Crippen molar-refractivity contribution in [3.63, 3.8) is 0 Å². The van der Waals surface area contributed by atoms with Gasteiger partial charge >= 0.3 is 5.97 Å². The third-order valence-corrected chi connectivity index (χ3v) is 0.903. The number of aromatic nitrogens is 3. The van der Waals surface area contributed by atoms with Gasteiger partial charge in [0.2, 0.25) is 5.82 Å². The Hall–Kier alpha value is -1.39. The van der Waals surface area contributed by atoms with Crippen LogP contribution in [-0.2, 0) is 7.05 Å². The van der Waals surface area contributed by atoms with Gasteiger partial charge in [0.1, 0.15) is 6.33 Å². The molecule has 0 unspecified atom stereocenters. The van der Waals surface area contributed by atoms with Crippen molar-refractivity contribution < 1.29 is 9.90 Å². The van der Waals surface area contributed by atoms with Crippen LogP contribution >= 0.6 is 0 Å². The van der Waals surface area contributed by atoms with E-state index in [2.05, 4.69) is 10.2 Å². The number of carboxylic acid groups (broad SMARTS) is 1. The largest absolute Gasteiger partial charge is 0.475 e. The van der Waals surface area contributed by atoms with Crippen LogP contribution in [0.2, 0.25) is 0 Å². The Morgan fingerprint density at radius 3 is 2.78 bits per heavy atom. The Balaban J connectivity index is 3.08. The fourth-order valence-electron chi connectivity index (χ4n) is 0.477. The van der Waals surface area contributed by atoms with Crippen molar-refractivity contribution in [3.05, 3.63) is 12.2 Å². The van der Waals surface area contributed by atoms with Crippen molar-refractivity contribution in [2.24, 2.45) is 7.05 Å². The highest BCUT2D eigenvalue weighted by molar-refractivity contribution is 5.83. The van der Waals surface area contributed by atoms with Gasteiger partial charge in [-0.05, 0) is 0 Å². The first-order chi connectivity index (χ1) is 4.22. The quantitative estimate of drug-likeness (QED) is 0.552. The summed E-state index contributed by atoms with van der Waals surface area (Å²) in [6, 6.07) is 0. The minimum Gasteiger partial charge on any atom is -0.475 e. The molecule has 0 radical (unpaired) electrons. The highest BCUT2D eigenvalue weighted by Gasteiger charge is 2.07. The fourth-order valence-corrected chi connectivity index (χ4v) is 0.477. The maximum absolute atomic E-state index is 10.2. The highest BCUT2D eigenvalue weighted by Crippen LogP contribution is 1.88. The summed E-state index contributed by atoms with van der Waals surface area (Å²) in [6.07, 6.45) is 1.34. The molecule has 1 aromatic rings. The molecule has 0 aliphatic rings. The van der Waals surface area contributed by atoms with Gasteiger partial charge in [-0.3, -0.25) is 0 Å². The number of rotatable bonds is 1. The summed E-state index contributed by atoms with van der Waals surface area (Å²) >= 11 is 0. The zero-order valence-electron chi connectivity index (χ0n) is 4.77. The van der Waals surface area contributed by atoms with Gasteiger partial charge in [-0.25, -0.2) is 4.79 Å². The van der Waals surface area contributed by atoms with Gasteiger partial charge in [0, 0.05) is 7.05 Å². The van der Waals surface area contributed by atoms with Crippen LogP contribution in [0.25, 0.3) is 0 Å². The third-order valence-electron chi connectivity index (χ3n) is 0.903. The van der Waals surface area contributed by atoms with Crippen molar-refractivity contribution in [3.8, 4) is 0 Å². The van der Waals surface area contributed by atoms with Gasteiger partial charge in [-0.1, -0.05) is 0 Å². The molecular formula is C4H5N3O2. The Morgan fingerprint density at radius 2 is 2.56 bits per heavy atom. The minimum atomic E-state index is -1.06. The monoisotopic (exact) mass is 127 g/mol. The minimum absolute atomic E-state index is 0.0463. The van der Waals surface area contributed by atoms with E-state index in [9.17, 15) is 4.79 Å². The molecule has 48 valence electrons. The Labute approximate surface area is 50.9 Å². The van der Waals surface area contributed by atoms with E-state index in [1.54, 1.807) is 7.05 Å². The first-order valence-electron chi connectivity index (χ1n) is 2.29. The van der Waals surface area contributed by atoms with Gasteiger partial charge in [0.15, 0.2) is 0 Å². The summed E-state index contributed by atoms with van der Waals surface area (Å²) in [7, 11) is 1.57. The zero-order valence-corrected chi connectivity index (χ0v) is 4.77. The fraction of sp³-hybridized carbons (Fsp3) is 0.250. The lowest BCUT2D eigenvalue weighted by Gasteiger charge is -1.88. The van der Waals surface area contributed by atoms with Gasteiger partial charge < -0.3 is 9.67 Å². The van der Waals surface area contributed by atoms with Crippen molar-refractivity contribution in [2.45, 2.75) is 0 Å². The molecule has 5 heteroatoms. The second kappa shape index (κ2) is 1.85. The first kappa shape index (κ1) is 5.74. The van der Waals surface area contributed by atoms with Crippen molar-refractivity contribution >= 4 is 5.97 Å². The Kier molecular flexibility index (Phi) is 1.18. The van der Waals surface area contributed by atoms with Crippen LogP contribution in [-0.4, -0.2) is 25.8 Å². The molecule has 5 nitrogen and oxygen atoms in total. The van der Waals surface area contributed by atoms with Crippen molar-refractivity contribution in [1.29, 1.82) is 0 Å². The summed E-state index contributed by atoms with van der Waals surface area (Å²) in [5.41, 5.74) is 0.